The number of aliphatic hydroxyl groups excluding tert-OH is 1. The summed E-state index contributed by atoms with van der Waals surface area (Å²) in [5.74, 6) is 0.218. The van der Waals surface area contributed by atoms with Crippen LogP contribution in [0.2, 0.25) is 0 Å². The normalized spacial score (nSPS) is 25.5. The van der Waals surface area contributed by atoms with Crippen LogP contribution in [0.25, 0.3) is 0 Å². The summed E-state index contributed by atoms with van der Waals surface area (Å²) in [6, 6.07) is 0.379. The summed E-state index contributed by atoms with van der Waals surface area (Å²) in [6.45, 7) is 3.16. The van der Waals surface area contributed by atoms with Gasteiger partial charge in [-0.15, -0.1) is 0 Å². The molecule has 0 amide bonds. The lowest BCUT2D eigenvalue weighted by molar-refractivity contribution is -0.143. The van der Waals surface area contributed by atoms with Gasteiger partial charge in [0.2, 0.25) is 0 Å². The molecule has 2 N–H and O–H groups in total. The Kier molecular flexibility index (Phi) is 5.65. The molecule has 88 valence electrons. The van der Waals surface area contributed by atoms with Gasteiger partial charge in [0.05, 0.1) is 13.0 Å². The highest BCUT2D eigenvalue weighted by Crippen LogP contribution is 2.24. The van der Waals surface area contributed by atoms with Gasteiger partial charge in [0.25, 0.3) is 0 Å². The fourth-order valence-corrected chi connectivity index (χ4v) is 2.12. The minimum Gasteiger partial charge on any atom is -0.466 e. The van der Waals surface area contributed by atoms with Gasteiger partial charge in [-0.3, -0.25) is 4.79 Å². The third-order valence-electron chi connectivity index (χ3n) is 2.93. The highest BCUT2D eigenvalue weighted by Gasteiger charge is 2.25. The molecule has 0 spiro atoms. The van der Waals surface area contributed by atoms with Crippen LogP contribution in [-0.4, -0.2) is 36.9 Å². The van der Waals surface area contributed by atoms with Crippen molar-refractivity contribution < 1.29 is 14.6 Å². The molecular formula is C11H21NO3. The second-order valence-electron chi connectivity index (χ2n) is 3.99. The summed E-state index contributed by atoms with van der Waals surface area (Å²) in [7, 11) is 0. The number of aliphatic hydroxyl groups is 1. The zero-order chi connectivity index (χ0) is 11.1. The maximum atomic E-state index is 11.1. The second kappa shape index (κ2) is 6.80. The van der Waals surface area contributed by atoms with Crippen LogP contribution in [0.3, 0.4) is 0 Å². The van der Waals surface area contributed by atoms with Gasteiger partial charge in [-0.25, -0.2) is 0 Å². The van der Waals surface area contributed by atoms with E-state index in [2.05, 4.69) is 5.32 Å². The maximum Gasteiger partial charge on any atom is 0.307 e. The molecule has 15 heavy (non-hydrogen) atoms. The minimum absolute atomic E-state index is 0.149. The smallest absolute Gasteiger partial charge is 0.307 e. The Balaban J connectivity index is 2.11. The van der Waals surface area contributed by atoms with Gasteiger partial charge in [-0.2, -0.15) is 0 Å². The van der Waals surface area contributed by atoms with E-state index in [0.29, 0.717) is 31.5 Å². The van der Waals surface area contributed by atoms with E-state index < -0.39 is 0 Å². The fraction of sp³-hybridized carbons (Fsp3) is 0.909. The van der Waals surface area contributed by atoms with Crippen molar-refractivity contribution in [3.05, 3.63) is 0 Å². The predicted molar refractivity (Wildman–Crippen MR) is 57.5 cm³/mol. The second-order valence-corrected chi connectivity index (χ2v) is 3.99. The standard InChI is InChI=1S/C11H21NO3/c1-2-15-11(14)6-7-12-10-5-3-4-9(10)8-13/h9-10,12-13H,2-8H2,1H3. The molecule has 0 aromatic rings. The summed E-state index contributed by atoms with van der Waals surface area (Å²) in [5, 5.41) is 12.4. The number of hydrogen-bond acceptors (Lipinski definition) is 4. The van der Waals surface area contributed by atoms with Crippen LogP contribution in [0.15, 0.2) is 0 Å². The van der Waals surface area contributed by atoms with Crippen molar-refractivity contribution in [1.82, 2.24) is 5.32 Å². The Morgan fingerprint density at radius 3 is 3.00 bits per heavy atom. The molecule has 2 atom stereocenters. The van der Waals surface area contributed by atoms with Gasteiger partial charge >= 0.3 is 5.97 Å². The maximum absolute atomic E-state index is 11.1. The summed E-state index contributed by atoms with van der Waals surface area (Å²) in [5.41, 5.74) is 0. The number of rotatable bonds is 6. The van der Waals surface area contributed by atoms with Crippen molar-refractivity contribution in [3.8, 4) is 0 Å². The quantitative estimate of drug-likeness (QED) is 0.640. The molecule has 1 saturated carbocycles. The van der Waals surface area contributed by atoms with Crippen LogP contribution >= 0.6 is 0 Å². The van der Waals surface area contributed by atoms with Crippen LogP contribution in [0, 0.1) is 5.92 Å². The number of nitrogens with one attached hydrogen (secondary N) is 1. The van der Waals surface area contributed by atoms with Gasteiger partial charge in [0.15, 0.2) is 0 Å². The van der Waals surface area contributed by atoms with Gasteiger partial charge in [-0.05, 0) is 25.7 Å². The van der Waals surface area contributed by atoms with Crippen molar-refractivity contribution in [3.63, 3.8) is 0 Å². The van der Waals surface area contributed by atoms with Crippen LogP contribution in [0.5, 0.6) is 0 Å². The predicted octanol–water partition coefficient (Wildman–Crippen LogP) is 0.690. The molecule has 1 rings (SSSR count). The third kappa shape index (κ3) is 4.18. The molecule has 1 aliphatic carbocycles. The Hall–Kier alpha value is -0.610. The lowest BCUT2D eigenvalue weighted by atomic mass is 10.1. The largest absolute Gasteiger partial charge is 0.466 e. The average molecular weight is 215 g/mol. The Morgan fingerprint density at radius 1 is 1.53 bits per heavy atom. The van der Waals surface area contributed by atoms with Crippen molar-refractivity contribution in [2.45, 2.75) is 38.6 Å². The third-order valence-corrected chi connectivity index (χ3v) is 2.93. The Bertz CT molecular complexity index is 196. The first-order chi connectivity index (χ1) is 7.27. The van der Waals surface area contributed by atoms with E-state index in [-0.39, 0.29) is 12.6 Å². The van der Waals surface area contributed by atoms with E-state index in [0.717, 1.165) is 12.8 Å². The van der Waals surface area contributed by atoms with Crippen LogP contribution in [0.1, 0.15) is 32.6 Å². The van der Waals surface area contributed by atoms with E-state index in [1.807, 2.05) is 6.92 Å². The van der Waals surface area contributed by atoms with Crippen molar-refractivity contribution in [2.75, 3.05) is 19.8 Å². The van der Waals surface area contributed by atoms with E-state index in [1.165, 1.54) is 6.42 Å². The fourth-order valence-electron chi connectivity index (χ4n) is 2.12. The molecule has 0 aromatic carbocycles. The lowest BCUT2D eigenvalue weighted by Gasteiger charge is -2.18. The summed E-state index contributed by atoms with van der Waals surface area (Å²) in [4.78, 5) is 11.1. The molecule has 2 unspecified atom stereocenters. The lowest BCUT2D eigenvalue weighted by Crippen LogP contribution is -2.35. The SMILES string of the molecule is CCOC(=O)CCNC1CCCC1CO. The highest BCUT2D eigenvalue weighted by molar-refractivity contribution is 5.69. The topological polar surface area (TPSA) is 58.6 Å². The van der Waals surface area contributed by atoms with Crippen molar-refractivity contribution in [2.24, 2.45) is 5.92 Å². The number of carbonyl (C=O) groups excluding carboxylic acids is 1. The Morgan fingerprint density at radius 2 is 2.33 bits per heavy atom. The summed E-state index contributed by atoms with van der Waals surface area (Å²) in [6.07, 6.45) is 3.78. The molecule has 1 aliphatic rings. The van der Waals surface area contributed by atoms with Crippen LogP contribution in [-0.2, 0) is 9.53 Å². The van der Waals surface area contributed by atoms with E-state index in [1.54, 1.807) is 0 Å². The molecule has 0 heterocycles. The van der Waals surface area contributed by atoms with Gasteiger partial charge in [0.1, 0.15) is 0 Å². The summed E-state index contributed by atoms with van der Waals surface area (Å²) >= 11 is 0. The monoisotopic (exact) mass is 215 g/mol. The number of ether oxygens (including phenoxy) is 1. The molecule has 1 fully saturated rings. The van der Waals surface area contributed by atoms with Gasteiger partial charge < -0.3 is 15.2 Å². The van der Waals surface area contributed by atoms with Gasteiger partial charge in [-0.1, -0.05) is 6.42 Å². The first-order valence-electron chi connectivity index (χ1n) is 5.77. The molecule has 4 nitrogen and oxygen atoms in total. The van der Waals surface area contributed by atoms with E-state index in [4.69, 9.17) is 9.84 Å². The van der Waals surface area contributed by atoms with E-state index >= 15 is 0 Å². The molecule has 0 bridgehead atoms. The number of hydrogen-bond donors (Lipinski definition) is 2. The molecule has 4 heteroatoms. The molecule has 0 radical (unpaired) electrons. The van der Waals surface area contributed by atoms with Crippen LogP contribution < -0.4 is 5.32 Å². The average Bonchev–Trinajstić information content (AvgIpc) is 2.66. The molecule has 0 aliphatic heterocycles. The molecular weight excluding hydrogens is 194 g/mol. The van der Waals surface area contributed by atoms with Crippen LogP contribution in [0.4, 0.5) is 0 Å². The van der Waals surface area contributed by atoms with Crippen molar-refractivity contribution in [1.29, 1.82) is 0 Å². The zero-order valence-corrected chi connectivity index (χ0v) is 9.37. The first-order valence-corrected chi connectivity index (χ1v) is 5.77. The zero-order valence-electron chi connectivity index (χ0n) is 9.37. The number of esters is 1. The molecule has 0 saturated heterocycles. The van der Waals surface area contributed by atoms with Gasteiger partial charge in [0, 0.05) is 19.2 Å². The first kappa shape index (κ1) is 12.5. The van der Waals surface area contributed by atoms with E-state index in [9.17, 15) is 4.79 Å². The number of carbonyl (C=O) groups is 1. The summed E-state index contributed by atoms with van der Waals surface area (Å²) < 4.78 is 4.83. The Labute approximate surface area is 91.0 Å². The minimum atomic E-state index is -0.149. The highest BCUT2D eigenvalue weighted by atomic mass is 16.5. The van der Waals surface area contributed by atoms with Crippen molar-refractivity contribution >= 4 is 5.97 Å². The molecule has 0 aromatic heterocycles.